The molecule has 1 aliphatic rings. The number of nitrogens with one attached hydrogen (secondary N) is 2. The van der Waals surface area contributed by atoms with Crippen LogP contribution in [-0.4, -0.2) is 54.8 Å². The van der Waals surface area contributed by atoms with Crippen molar-refractivity contribution in [1.29, 1.82) is 0 Å². The van der Waals surface area contributed by atoms with E-state index in [1.165, 1.54) is 5.69 Å². The van der Waals surface area contributed by atoms with Crippen molar-refractivity contribution in [2.24, 2.45) is 0 Å². The molecule has 0 unspecified atom stereocenters. The maximum atomic E-state index is 6.16. The van der Waals surface area contributed by atoms with Gasteiger partial charge in [0.2, 0.25) is 5.16 Å². The summed E-state index contributed by atoms with van der Waals surface area (Å²) in [5.41, 5.74) is 3.30. The summed E-state index contributed by atoms with van der Waals surface area (Å²) in [7, 11) is 5.73. The molecule has 8 heteroatoms. The van der Waals surface area contributed by atoms with Gasteiger partial charge in [-0.05, 0) is 42.0 Å². The van der Waals surface area contributed by atoms with Crippen molar-refractivity contribution in [1.82, 2.24) is 20.5 Å². The number of hydrogen-bond acceptors (Lipinski definition) is 7. The first kappa shape index (κ1) is 19.8. The zero-order valence-electron chi connectivity index (χ0n) is 16.8. The van der Waals surface area contributed by atoms with E-state index in [1.54, 1.807) is 18.9 Å². The summed E-state index contributed by atoms with van der Waals surface area (Å²) in [5.74, 6) is 2.36. The largest absolute Gasteiger partial charge is 0.497 e. The summed E-state index contributed by atoms with van der Waals surface area (Å²) in [5, 5.41) is 11.5. The van der Waals surface area contributed by atoms with E-state index in [4.69, 9.17) is 9.47 Å². The van der Waals surface area contributed by atoms with E-state index >= 15 is 0 Å². The van der Waals surface area contributed by atoms with Crippen LogP contribution in [0, 0.1) is 0 Å². The Hall–Kier alpha value is -2.55. The molecule has 2 N–H and O–H groups in total. The zero-order valence-corrected chi connectivity index (χ0v) is 17.6. The lowest BCUT2D eigenvalue weighted by Gasteiger charge is -2.16. The number of benzene rings is 2. The molecule has 1 aromatic heterocycles. The number of aromatic amines is 1. The molecule has 1 aliphatic heterocycles. The van der Waals surface area contributed by atoms with Crippen molar-refractivity contribution in [2.75, 3.05) is 38.4 Å². The minimum Gasteiger partial charge on any atom is -0.497 e. The Kier molecular flexibility index (Phi) is 6.03. The van der Waals surface area contributed by atoms with Gasteiger partial charge in [0, 0.05) is 37.6 Å². The van der Waals surface area contributed by atoms with Crippen molar-refractivity contribution in [3.05, 3.63) is 54.1 Å². The van der Waals surface area contributed by atoms with Crippen molar-refractivity contribution in [3.63, 3.8) is 0 Å². The summed E-state index contributed by atoms with van der Waals surface area (Å²) in [4.78, 5) is 6.66. The molecule has 2 heterocycles. The van der Waals surface area contributed by atoms with E-state index in [-0.39, 0.29) is 12.3 Å². The molecule has 152 valence electrons. The second kappa shape index (κ2) is 8.86. The summed E-state index contributed by atoms with van der Waals surface area (Å²) in [6.07, 6.45) is 0.0419. The number of methoxy groups -OCH3 is 1. The van der Waals surface area contributed by atoms with Gasteiger partial charge >= 0.3 is 0 Å². The number of H-pyrrole nitrogens is 1. The van der Waals surface area contributed by atoms with Crippen LogP contribution in [0.3, 0.4) is 0 Å². The van der Waals surface area contributed by atoms with Gasteiger partial charge in [0.15, 0.2) is 5.82 Å². The number of aromatic nitrogens is 3. The van der Waals surface area contributed by atoms with Gasteiger partial charge in [0.05, 0.1) is 13.2 Å². The molecule has 0 spiro atoms. The molecule has 2 aromatic carbocycles. The van der Waals surface area contributed by atoms with Crippen molar-refractivity contribution < 1.29 is 9.47 Å². The Bertz CT molecular complexity index is 927. The molecule has 3 aromatic rings. The molecule has 0 bridgehead atoms. The summed E-state index contributed by atoms with van der Waals surface area (Å²) < 4.78 is 11.4. The van der Waals surface area contributed by atoms with Crippen molar-refractivity contribution in [3.8, 4) is 17.1 Å². The molecule has 0 amide bonds. The third-order valence-electron chi connectivity index (χ3n) is 4.80. The molecular formula is C21H25N5O2S. The SMILES string of the molecule is COc1ccc(-c2nc(SC[C@@H]3CN[C@H](c4ccc(N(C)C)cc4)O3)n[nH]2)cc1. The van der Waals surface area contributed by atoms with Crippen LogP contribution >= 0.6 is 11.8 Å². The van der Waals surface area contributed by atoms with E-state index in [0.29, 0.717) is 0 Å². The number of ether oxygens (including phenoxy) is 2. The van der Waals surface area contributed by atoms with Crippen molar-refractivity contribution in [2.45, 2.75) is 17.5 Å². The fraction of sp³-hybridized carbons (Fsp3) is 0.333. The Morgan fingerprint density at radius 2 is 1.90 bits per heavy atom. The molecule has 1 fully saturated rings. The highest BCUT2D eigenvalue weighted by atomic mass is 32.2. The van der Waals surface area contributed by atoms with Crippen LogP contribution in [0.5, 0.6) is 5.75 Å². The van der Waals surface area contributed by atoms with Gasteiger partial charge in [0.25, 0.3) is 0 Å². The van der Waals surface area contributed by atoms with Crippen LogP contribution < -0.4 is 15.0 Å². The molecule has 0 saturated carbocycles. The molecule has 0 aliphatic carbocycles. The first-order valence-corrected chi connectivity index (χ1v) is 10.5. The highest BCUT2D eigenvalue weighted by molar-refractivity contribution is 7.99. The Labute approximate surface area is 174 Å². The quantitative estimate of drug-likeness (QED) is 0.578. The number of rotatable bonds is 7. The minimum atomic E-state index is -0.0705. The maximum Gasteiger partial charge on any atom is 0.208 e. The van der Waals surface area contributed by atoms with Gasteiger partial charge < -0.3 is 14.4 Å². The molecular weight excluding hydrogens is 386 g/mol. The second-order valence-electron chi connectivity index (χ2n) is 7.04. The first-order chi connectivity index (χ1) is 14.1. The highest BCUT2D eigenvalue weighted by Gasteiger charge is 2.26. The average Bonchev–Trinajstić information content (AvgIpc) is 3.42. The fourth-order valence-corrected chi connectivity index (χ4v) is 3.92. The summed E-state index contributed by atoms with van der Waals surface area (Å²) in [6.45, 7) is 0.808. The van der Waals surface area contributed by atoms with Gasteiger partial charge in [-0.25, -0.2) is 4.98 Å². The van der Waals surface area contributed by atoms with Crippen LogP contribution in [0.15, 0.2) is 53.7 Å². The topological polar surface area (TPSA) is 75.3 Å². The molecule has 2 atom stereocenters. The number of nitrogens with zero attached hydrogens (tertiary/aromatic N) is 3. The highest BCUT2D eigenvalue weighted by Crippen LogP contribution is 2.27. The number of hydrogen-bond donors (Lipinski definition) is 2. The lowest BCUT2D eigenvalue weighted by Crippen LogP contribution is -2.17. The summed E-state index contributed by atoms with van der Waals surface area (Å²) in [6, 6.07) is 16.2. The van der Waals surface area contributed by atoms with E-state index in [0.717, 1.165) is 40.2 Å². The number of thioether (sulfide) groups is 1. The van der Waals surface area contributed by atoms with Crippen LogP contribution in [0.4, 0.5) is 5.69 Å². The van der Waals surface area contributed by atoms with Gasteiger partial charge in [-0.2, -0.15) is 0 Å². The maximum absolute atomic E-state index is 6.16. The van der Waals surface area contributed by atoms with Crippen LogP contribution in [-0.2, 0) is 4.74 Å². The lowest BCUT2D eigenvalue weighted by molar-refractivity contribution is 0.0534. The molecule has 4 rings (SSSR count). The zero-order chi connectivity index (χ0) is 20.2. The number of anilines is 1. The van der Waals surface area contributed by atoms with Gasteiger partial charge in [-0.1, -0.05) is 23.9 Å². The van der Waals surface area contributed by atoms with Gasteiger partial charge in [-0.3, -0.25) is 10.4 Å². The normalized spacial score (nSPS) is 18.7. The van der Waals surface area contributed by atoms with E-state index < -0.39 is 0 Å². The minimum absolute atomic E-state index is 0.0705. The third kappa shape index (κ3) is 4.72. The van der Waals surface area contributed by atoms with E-state index in [1.807, 2.05) is 38.4 Å². The molecule has 29 heavy (non-hydrogen) atoms. The van der Waals surface area contributed by atoms with E-state index in [9.17, 15) is 0 Å². The second-order valence-corrected chi connectivity index (χ2v) is 8.03. The first-order valence-electron chi connectivity index (χ1n) is 9.48. The van der Waals surface area contributed by atoms with Crippen LogP contribution in [0.1, 0.15) is 11.8 Å². The lowest BCUT2D eigenvalue weighted by atomic mass is 10.2. The van der Waals surface area contributed by atoms with Gasteiger partial charge in [-0.15, -0.1) is 5.10 Å². The predicted molar refractivity (Wildman–Crippen MR) is 115 cm³/mol. The average molecular weight is 412 g/mol. The Morgan fingerprint density at radius 3 is 2.59 bits per heavy atom. The monoisotopic (exact) mass is 411 g/mol. The summed E-state index contributed by atoms with van der Waals surface area (Å²) >= 11 is 1.59. The van der Waals surface area contributed by atoms with Crippen LogP contribution in [0.25, 0.3) is 11.4 Å². The van der Waals surface area contributed by atoms with Crippen molar-refractivity contribution >= 4 is 17.4 Å². The van der Waals surface area contributed by atoms with Crippen LogP contribution in [0.2, 0.25) is 0 Å². The van der Waals surface area contributed by atoms with E-state index in [2.05, 4.69) is 49.7 Å². The smallest absolute Gasteiger partial charge is 0.208 e. The predicted octanol–water partition coefficient (Wildman–Crippen LogP) is 3.33. The standard InChI is InChI=1S/C21H25N5O2S/c1-26(2)16-8-4-15(5-9-16)20-22-12-18(28-20)13-29-21-23-19(24-25-21)14-6-10-17(27-3)11-7-14/h4-11,18,20,22H,12-13H2,1-3H3,(H,23,24,25)/t18-,20-/m0/s1. The fourth-order valence-electron chi connectivity index (χ4n) is 3.13. The van der Waals surface area contributed by atoms with Gasteiger partial charge in [0.1, 0.15) is 12.0 Å². The Balaban J connectivity index is 1.30. The third-order valence-corrected chi connectivity index (χ3v) is 5.78. The Morgan fingerprint density at radius 1 is 1.14 bits per heavy atom. The molecule has 7 nitrogen and oxygen atoms in total. The molecule has 1 saturated heterocycles. The molecule has 0 radical (unpaired) electrons.